The summed E-state index contributed by atoms with van der Waals surface area (Å²) >= 11 is 0. The first-order valence-corrected chi connectivity index (χ1v) is 6.56. The Morgan fingerprint density at radius 3 is 2.75 bits per heavy atom. The molecule has 0 aliphatic rings. The third-order valence-corrected chi connectivity index (χ3v) is 3.15. The van der Waals surface area contributed by atoms with Crippen LogP contribution in [0.4, 0.5) is 5.69 Å². The lowest BCUT2D eigenvalue weighted by Crippen LogP contribution is -2.22. The van der Waals surface area contributed by atoms with Gasteiger partial charge in [-0.1, -0.05) is 26.0 Å². The van der Waals surface area contributed by atoms with E-state index in [1.807, 2.05) is 0 Å². The lowest BCUT2D eigenvalue weighted by molar-refractivity contribution is -0.384. The molecule has 6 nitrogen and oxygen atoms in total. The average molecular weight is 275 g/mol. The maximum atomic E-state index is 10.8. The van der Waals surface area contributed by atoms with Crippen LogP contribution in [0.1, 0.15) is 19.7 Å². The molecule has 0 N–H and O–H groups in total. The highest BCUT2D eigenvalue weighted by atomic mass is 16.6. The summed E-state index contributed by atoms with van der Waals surface area (Å²) in [6, 6.07) is 6.35. The standard InChI is InChI=1S/C14H17N3O3/c1-3-16(4-2)10-14-15-9-13(20-14)11-6-5-7-12(8-11)17(18)19/h5-9H,3-4,10H2,1-2H3. The minimum Gasteiger partial charge on any atom is -0.439 e. The van der Waals surface area contributed by atoms with E-state index >= 15 is 0 Å². The number of hydrogen-bond donors (Lipinski definition) is 0. The predicted octanol–water partition coefficient (Wildman–Crippen LogP) is 3.09. The van der Waals surface area contributed by atoms with Crippen molar-refractivity contribution >= 4 is 5.69 Å². The van der Waals surface area contributed by atoms with Gasteiger partial charge in [-0.25, -0.2) is 4.98 Å². The van der Waals surface area contributed by atoms with Gasteiger partial charge in [0.25, 0.3) is 5.69 Å². The second-order valence-electron chi connectivity index (χ2n) is 4.39. The first kappa shape index (κ1) is 14.2. The predicted molar refractivity (Wildman–Crippen MR) is 75.2 cm³/mol. The van der Waals surface area contributed by atoms with Crippen LogP contribution in [0.15, 0.2) is 34.9 Å². The molecule has 0 bridgehead atoms. The second kappa shape index (κ2) is 6.29. The Morgan fingerprint density at radius 1 is 1.35 bits per heavy atom. The van der Waals surface area contributed by atoms with Crippen molar-refractivity contribution in [2.75, 3.05) is 13.1 Å². The molecular weight excluding hydrogens is 258 g/mol. The molecular formula is C14H17N3O3. The van der Waals surface area contributed by atoms with Gasteiger partial charge in [-0.15, -0.1) is 0 Å². The molecule has 0 unspecified atom stereocenters. The summed E-state index contributed by atoms with van der Waals surface area (Å²) in [5, 5.41) is 10.8. The van der Waals surface area contributed by atoms with E-state index in [0.29, 0.717) is 23.8 Å². The summed E-state index contributed by atoms with van der Waals surface area (Å²) in [5.74, 6) is 1.17. The normalized spacial score (nSPS) is 10.9. The molecule has 0 aliphatic heterocycles. The summed E-state index contributed by atoms with van der Waals surface area (Å²) < 4.78 is 5.66. The van der Waals surface area contributed by atoms with Crippen LogP contribution in [0.5, 0.6) is 0 Å². The van der Waals surface area contributed by atoms with Crippen molar-refractivity contribution in [1.82, 2.24) is 9.88 Å². The van der Waals surface area contributed by atoms with Gasteiger partial charge in [0.1, 0.15) is 0 Å². The maximum absolute atomic E-state index is 10.8. The number of nitrogens with zero attached hydrogens (tertiary/aromatic N) is 3. The fraction of sp³-hybridized carbons (Fsp3) is 0.357. The molecule has 20 heavy (non-hydrogen) atoms. The van der Waals surface area contributed by atoms with Crippen LogP contribution in [-0.2, 0) is 6.54 Å². The van der Waals surface area contributed by atoms with E-state index < -0.39 is 4.92 Å². The fourth-order valence-corrected chi connectivity index (χ4v) is 1.93. The zero-order valence-corrected chi connectivity index (χ0v) is 11.6. The molecule has 0 saturated heterocycles. The summed E-state index contributed by atoms with van der Waals surface area (Å²) in [7, 11) is 0. The zero-order valence-electron chi connectivity index (χ0n) is 11.6. The van der Waals surface area contributed by atoms with Crippen molar-refractivity contribution in [1.29, 1.82) is 0 Å². The van der Waals surface area contributed by atoms with Crippen LogP contribution in [-0.4, -0.2) is 27.9 Å². The van der Waals surface area contributed by atoms with Gasteiger partial charge in [-0.2, -0.15) is 0 Å². The first-order valence-electron chi connectivity index (χ1n) is 6.56. The van der Waals surface area contributed by atoms with Crippen molar-refractivity contribution in [2.45, 2.75) is 20.4 Å². The van der Waals surface area contributed by atoms with Crippen molar-refractivity contribution in [3.63, 3.8) is 0 Å². The molecule has 0 radical (unpaired) electrons. The highest BCUT2D eigenvalue weighted by Gasteiger charge is 2.12. The maximum Gasteiger partial charge on any atom is 0.270 e. The van der Waals surface area contributed by atoms with E-state index in [2.05, 4.69) is 23.7 Å². The van der Waals surface area contributed by atoms with Crippen LogP contribution in [0.3, 0.4) is 0 Å². The molecule has 0 atom stereocenters. The average Bonchev–Trinajstić information content (AvgIpc) is 2.93. The van der Waals surface area contributed by atoms with E-state index in [1.165, 1.54) is 12.1 Å². The molecule has 2 aromatic rings. The number of non-ortho nitro benzene ring substituents is 1. The van der Waals surface area contributed by atoms with Crippen LogP contribution in [0.2, 0.25) is 0 Å². The topological polar surface area (TPSA) is 72.4 Å². The van der Waals surface area contributed by atoms with E-state index in [1.54, 1.807) is 18.3 Å². The number of benzene rings is 1. The first-order chi connectivity index (χ1) is 9.63. The van der Waals surface area contributed by atoms with Gasteiger partial charge < -0.3 is 4.42 Å². The van der Waals surface area contributed by atoms with Gasteiger partial charge in [0, 0.05) is 17.7 Å². The highest BCUT2D eigenvalue weighted by Crippen LogP contribution is 2.24. The van der Waals surface area contributed by atoms with Crippen molar-refractivity contribution in [2.24, 2.45) is 0 Å². The van der Waals surface area contributed by atoms with E-state index in [4.69, 9.17) is 4.42 Å². The number of nitro benzene ring substituents is 1. The molecule has 0 amide bonds. The number of hydrogen-bond acceptors (Lipinski definition) is 5. The molecule has 1 aromatic heterocycles. The van der Waals surface area contributed by atoms with Crippen molar-refractivity contribution in [3.05, 3.63) is 46.5 Å². The third-order valence-electron chi connectivity index (χ3n) is 3.15. The van der Waals surface area contributed by atoms with Crippen LogP contribution in [0.25, 0.3) is 11.3 Å². The summed E-state index contributed by atoms with van der Waals surface area (Å²) in [6.45, 7) is 6.64. The van der Waals surface area contributed by atoms with Gasteiger partial charge >= 0.3 is 0 Å². The van der Waals surface area contributed by atoms with Crippen molar-refractivity contribution < 1.29 is 9.34 Å². The summed E-state index contributed by atoms with van der Waals surface area (Å²) in [4.78, 5) is 16.8. The molecule has 2 rings (SSSR count). The number of rotatable bonds is 6. The minimum absolute atomic E-state index is 0.0455. The minimum atomic E-state index is -0.420. The molecule has 0 fully saturated rings. The Hall–Kier alpha value is -2.21. The van der Waals surface area contributed by atoms with E-state index in [-0.39, 0.29) is 5.69 Å². The molecule has 0 aliphatic carbocycles. The van der Waals surface area contributed by atoms with Crippen molar-refractivity contribution in [3.8, 4) is 11.3 Å². The molecule has 1 heterocycles. The van der Waals surface area contributed by atoms with Gasteiger partial charge in [-0.05, 0) is 13.1 Å². The van der Waals surface area contributed by atoms with E-state index in [0.717, 1.165) is 13.1 Å². The summed E-state index contributed by atoms with van der Waals surface area (Å²) in [6.07, 6.45) is 1.61. The zero-order chi connectivity index (χ0) is 14.5. The van der Waals surface area contributed by atoms with Gasteiger partial charge in [0.05, 0.1) is 17.7 Å². The Bertz CT molecular complexity index is 591. The molecule has 0 spiro atoms. The fourth-order valence-electron chi connectivity index (χ4n) is 1.93. The largest absolute Gasteiger partial charge is 0.439 e. The Kier molecular flexibility index (Phi) is 4.47. The number of aromatic nitrogens is 1. The van der Waals surface area contributed by atoms with Crippen LogP contribution >= 0.6 is 0 Å². The van der Waals surface area contributed by atoms with Gasteiger partial charge in [0.2, 0.25) is 5.89 Å². The van der Waals surface area contributed by atoms with Crippen LogP contribution < -0.4 is 0 Å². The van der Waals surface area contributed by atoms with E-state index in [9.17, 15) is 10.1 Å². The summed E-state index contributed by atoms with van der Waals surface area (Å²) in [5.41, 5.74) is 0.710. The van der Waals surface area contributed by atoms with Gasteiger partial charge in [-0.3, -0.25) is 15.0 Å². The third kappa shape index (κ3) is 3.21. The Morgan fingerprint density at radius 2 is 2.10 bits per heavy atom. The second-order valence-corrected chi connectivity index (χ2v) is 4.39. The Balaban J connectivity index is 2.20. The Labute approximate surface area is 117 Å². The molecule has 0 saturated carbocycles. The number of nitro groups is 1. The van der Waals surface area contributed by atoms with Gasteiger partial charge in [0.15, 0.2) is 5.76 Å². The lowest BCUT2D eigenvalue weighted by atomic mass is 10.2. The molecule has 1 aromatic carbocycles. The SMILES string of the molecule is CCN(CC)Cc1ncc(-c2cccc([N+](=O)[O-])c2)o1. The molecule has 106 valence electrons. The lowest BCUT2D eigenvalue weighted by Gasteiger charge is -2.14. The quantitative estimate of drug-likeness (QED) is 0.598. The molecule has 6 heteroatoms. The highest BCUT2D eigenvalue weighted by molar-refractivity contribution is 5.60. The monoisotopic (exact) mass is 275 g/mol. The number of oxazole rings is 1. The van der Waals surface area contributed by atoms with Crippen LogP contribution in [0, 0.1) is 10.1 Å². The smallest absolute Gasteiger partial charge is 0.270 e.